The van der Waals surface area contributed by atoms with Crippen molar-refractivity contribution >= 4 is 27.3 Å². The first kappa shape index (κ1) is 20.7. The van der Waals surface area contributed by atoms with E-state index in [0.717, 1.165) is 44.3 Å². The minimum atomic E-state index is 0.0690. The maximum Gasteiger partial charge on any atom is 0.274 e. The van der Waals surface area contributed by atoms with Crippen molar-refractivity contribution in [3.05, 3.63) is 52.2 Å². The molecular formula is C24H30N4O2S. The van der Waals surface area contributed by atoms with Crippen molar-refractivity contribution in [2.45, 2.75) is 51.7 Å². The van der Waals surface area contributed by atoms with Gasteiger partial charge in [-0.05, 0) is 43.2 Å². The molecule has 2 aromatic heterocycles. The topological polar surface area (TPSA) is 59.4 Å². The highest BCUT2D eigenvalue weighted by Crippen LogP contribution is 2.28. The van der Waals surface area contributed by atoms with Crippen LogP contribution in [0.5, 0.6) is 0 Å². The van der Waals surface area contributed by atoms with Gasteiger partial charge >= 0.3 is 0 Å². The van der Waals surface area contributed by atoms with E-state index in [1.807, 2.05) is 16.2 Å². The molecule has 1 unspecified atom stereocenters. The first-order valence-corrected chi connectivity index (χ1v) is 12.2. The third-order valence-corrected chi connectivity index (χ3v) is 7.44. The number of aromatic nitrogens is 2. The Balaban J connectivity index is 1.33. The van der Waals surface area contributed by atoms with Crippen LogP contribution in [0, 0.1) is 0 Å². The second-order valence-corrected chi connectivity index (χ2v) is 9.64. The quantitative estimate of drug-likeness (QED) is 0.639. The van der Waals surface area contributed by atoms with Gasteiger partial charge in [-0.1, -0.05) is 25.1 Å². The van der Waals surface area contributed by atoms with E-state index in [1.54, 1.807) is 0 Å². The van der Waals surface area contributed by atoms with Crippen LogP contribution in [-0.4, -0.2) is 52.9 Å². The van der Waals surface area contributed by atoms with Gasteiger partial charge in [0, 0.05) is 53.1 Å². The van der Waals surface area contributed by atoms with E-state index >= 15 is 0 Å². The summed E-state index contributed by atoms with van der Waals surface area (Å²) in [6.45, 7) is 6.44. The van der Waals surface area contributed by atoms with Crippen molar-refractivity contribution in [2.75, 3.05) is 26.3 Å². The number of carbonyl (C=O) groups is 1. The Kier molecular flexibility index (Phi) is 6.07. The Morgan fingerprint density at radius 2 is 2.13 bits per heavy atom. The molecule has 0 saturated carbocycles. The normalized spacial score (nSPS) is 19.0. The van der Waals surface area contributed by atoms with Gasteiger partial charge in [0.15, 0.2) is 5.69 Å². The van der Waals surface area contributed by atoms with Crippen LogP contribution in [-0.2, 0) is 30.7 Å². The first-order chi connectivity index (χ1) is 15.2. The molecule has 7 heteroatoms. The molecule has 1 aromatic carbocycles. The minimum Gasteiger partial charge on any atom is -0.378 e. The molecule has 0 bridgehead atoms. The van der Waals surface area contributed by atoms with Gasteiger partial charge < -0.3 is 15.0 Å². The molecule has 2 aliphatic rings. The molecule has 1 amide bonds. The summed E-state index contributed by atoms with van der Waals surface area (Å²) in [6, 6.07) is 11.2. The van der Waals surface area contributed by atoms with E-state index in [2.05, 4.69) is 47.3 Å². The molecule has 1 fully saturated rings. The van der Waals surface area contributed by atoms with E-state index in [0.29, 0.717) is 38.0 Å². The highest BCUT2D eigenvalue weighted by atomic mass is 32.1. The lowest BCUT2D eigenvalue weighted by Gasteiger charge is -2.27. The summed E-state index contributed by atoms with van der Waals surface area (Å²) in [4.78, 5) is 16.5. The number of aryl methyl sites for hydroxylation is 1. The van der Waals surface area contributed by atoms with Crippen LogP contribution in [0.2, 0.25) is 0 Å². The SMILES string of the molecule is CCCn1nc(C(=O)N2CCOCC2)c2c1CCC(NCc1cc3ccccc3s1)C2. The first-order valence-electron chi connectivity index (χ1n) is 11.4. The number of nitrogens with zero attached hydrogens (tertiary/aromatic N) is 3. The summed E-state index contributed by atoms with van der Waals surface area (Å²) in [7, 11) is 0. The van der Waals surface area contributed by atoms with Gasteiger partial charge in [0.1, 0.15) is 0 Å². The number of morpholine rings is 1. The Labute approximate surface area is 187 Å². The van der Waals surface area contributed by atoms with Gasteiger partial charge in [-0.2, -0.15) is 5.10 Å². The molecule has 1 aliphatic heterocycles. The molecule has 1 aliphatic carbocycles. The monoisotopic (exact) mass is 438 g/mol. The Bertz CT molecular complexity index is 1030. The zero-order chi connectivity index (χ0) is 21.2. The van der Waals surface area contributed by atoms with Crippen molar-refractivity contribution < 1.29 is 9.53 Å². The maximum atomic E-state index is 13.3. The molecule has 5 rings (SSSR count). The average Bonchev–Trinajstić information content (AvgIpc) is 3.39. The lowest BCUT2D eigenvalue weighted by Crippen LogP contribution is -2.41. The summed E-state index contributed by atoms with van der Waals surface area (Å²) in [5.41, 5.74) is 3.09. The van der Waals surface area contributed by atoms with Gasteiger partial charge in [0.05, 0.1) is 13.2 Å². The number of rotatable bonds is 6. The van der Waals surface area contributed by atoms with Gasteiger partial charge in [-0.3, -0.25) is 9.48 Å². The van der Waals surface area contributed by atoms with Gasteiger partial charge in [-0.25, -0.2) is 0 Å². The number of carbonyl (C=O) groups excluding carboxylic acids is 1. The third-order valence-electron chi connectivity index (χ3n) is 6.32. The van der Waals surface area contributed by atoms with E-state index in [9.17, 15) is 4.79 Å². The molecule has 1 atom stereocenters. The van der Waals surface area contributed by atoms with Gasteiger partial charge in [-0.15, -0.1) is 11.3 Å². The van der Waals surface area contributed by atoms with Crippen molar-refractivity contribution in [3.8, 4) is 0 Å². The summed E-state index contributed by atoms with van der Waals surface area (Å²) >= 11 is 1.86. The molecule has 164 valence electrons. The van der Waals surface area contributed by atoms with Crippen LogP contribution in [0.4, 0.5) is 0 Å². The number of nitrogens with one attached hydrogen (secondary N) is 1. The molecule has 0 spiro atoms. The van der Waals surface area contributed by atoms with Crippen LogP contribution in [0.3, 0.4) is 0 Å². The molecule has 3 heterocycles. The minimum absolute atomic E-state index is 0.0690. The van der Waals surface area contributed by atoms with Crippen LogP contribution in [0.25, 0.3) is 10.1 Å². The van der Waals surface area contributed by atoms with E-state index in [1.165, 1.54) is 20.7 Å². The van der Waals surface area contributed by atoms with Crippen molar-refractivity contribution in [3.63, 3.8) is 0 Å². The smallest absolute Gasteiger partial charge is 0.274 e. The fraction of sp³-hybridized carbons (Fsp3) is 0.500. The number of benzene rings is 1. The zero-order valence-corrected chi connectivity index (χ0v) is 18.9. The summed E-state index contributed by atoms with van der Waals surface area (Å²) in [5, 5.41) is 9.87. The van der Waals surface area contributed by atoms with Crippen molar-refractivity contribution in [2.24, 2.45) is 0 Å². The average molecular weight is 439 g/mol. The maximum absolute atomic E-state index is 13.3. The molecule has 3 aromatic rings. The molecule has 0 radical (unpaired) electrons. The number of thiophene rings is 1. The third kappa shape index (κ3) is 4.27. The van der Waals surface area contributed by atoms with Crippen LogP contribution < -0.4 is 5.32 Å². The molecular weight excluding hydrogens is 408 g/mol. The standard InChI is InChI=1S/C24H30N4O2S/c1-2-9-28-21-8-7-18(25-16-19-14-17-5-3-4-6-22(17)31-19)15-20(21)23(26-28)24(29)27-10-12-30-13-11-27/h3-6,14,18,25H,2,7-13,15-16H2,1H3. The highest BCUT2D eigenvalue weighted by Gasteiger charge is 2.31. The second kappa shape index (κ2) is 9.10. The second-order valence-electron chi connectivity index (χ2n) is 8.47. The predicted octanol–water partition coefficient (Wildman–Crippen LogP) is 3.63. The Morgan fingerprint density at radius 1 is 1.29 bits per heavy atom. The van der Waals surface area contributed by atoms with E-state index < -0.39 is 0 Å². The zero-order valence-electron chi connectivity index (χ0n) is 18.1. The van der Waals surface area contributed by atoms with Crippen molar-refractivity contribution in [1.82, 2.24) is 20.0 Å². The van der Waals surface area contributed by atoms with Crippen molar-refractivity contribution in [1.29, 1.82) is 0 Å². The summed E-state index contributed by atoms with van der Waals surface area (Å²) < 4.78 is 8.85. The number of hydrogen-bond donors (Lipinski definition) is 1. The molecule has 1 N–H and O–H groups in total. The van der Waals surface area contributed by atoms with Crippen LogP contribution in [0.1, 0.15) is 46.4 Å². The number of amides is 1. The largest absolute Gasteiger partial charge is 0.378 e. The number of ether oxygens (including phenoxy) is 1. The number of hydrogen-bond acceptors (Lipinski definition) is 5. The lowest BCUT2D eigenvalue weighted by molar-refractivity contribution is 0.0297. The molecule has 6 nitrogen and oxygen atoms in total. The fourth-order valence-corrected chi connectivity index (χ4v) is 5.73. The predicted molar refractivity (Wildman–Crippen MR) is 124 cm³/mol. The van der Waals surface area contributed by atoms with Gasteiger partial charge in [0.25, 0.3) is 5.91 Å². The molecule has 1 saturated heterocycles. The fourth-order valence-electron chi connectivity index (χ4n) is 4.72. The Morgan fingerprint density at radius 3 is 2.94 bits per heavy atom. The van der Waals surface area contributed by atoms with E-state index in [-0.39, 0.29) is 5.91 Å². The summed E-state index contributed by atoms with van der Waals surface area (Å²) in [6.07, 6.45) is 3.95. The molecule has 31 heavy (non-hydrogen) atoms. The number of fused-ring (bicyclic) bond motifs is 2. The van der Waals surface area contributed by atoms with E-state index in [4.69, 9.17) is 9.84 Å². The Hall–Kier alpha value is -2.22. The van der Waals surface area contributed by atoms with Gasteiger partial charge in [0.2, 0.25) is 0 Å². The summed E-state index contributed by atoms with van der Waals surface area (Å²) in [5.74, 6) is 0.0690. The van der Waals surface area contributed by atoms with Crippen LogP contribution >= 0.6 is 11.3 Å². The highest BCUT2D eigenvalue weighted by molar-refractivity contribution is 7.19. The lowest BCUT2D eigenvalue weighted by atomic mass is 9.91. The van der Waals surface area contributed by atoms with Crippen LogP contribution in [0.15, 0.2) is 30.3 Å².